The Morgan fingerprint density at radius 1 is 0.767 bits per heavy atom. The molecule has 1 atom stereocenters. The van der Waals surface area contributed by atoms with Gasteiger partial charge in [-0.15, -0.1) is 0 Å². The summed E-state index contributed by atoms with van der Waals surface area (Å²) in [6.07, 6.45) is 15.3. The fourth-order valence-corrected chi connectivity index (χ4v) is 3.54. The van der Waals surface area contributed by atoms with Crippen LogP contribution < -0.4 is 21.7 Å². The molecule has 0 aromatic carbocycles. The van der Waals surface area contributed by atoms with Crippen molar-refractivity contribution in [2.24, 2.45) is 5.73 Å². The minimum Gasteiger partial charge on any atom is -0.466 e. The third kappa shape index (κ3) is 22.0. The van der Waals surface area contributed by atoms with Gasteiger partial charge in [-0.2, -0.15) is 0 Å². The molecule has 0 fully saturated rings. The van der Waals surface area contributed by atoms with Gasteiger partial charge in [0.05, 0.1) is 13.0 Å². The van der Waals surface area contributed by atoms with E-state index >= 15 is 0 Å². The second-order valence-electron chi connectivity index (χ2n) is 8.27. The Labute approximate surface area is 186 Å². The molecule has 0 saturated heterocycles. The quantitative estimate of drug-likeness (QED) is 0.138. The molecule has 0 saturated carbocycles. The average Bonchev–Trinajstić information content (AvgIpc) is 2.73. The maximum Gasteiger partial charge on any atom is 0.307 e. The summed E-state index contributed by atoms with van der Waals surface area (Å²) < 4.78 is 5.15. The molecule has 0 aromatic heterocycles. The van der Waals surface area contributed by atoms with Crippen LogP contribution in [0, 0.1) is 0 Å². The first-order valence-electron chi connectivity index (χ1n) is 12.7. The van der Waals surface area contributed by atoms with Crippen LogP contribution in [0.4, 0.5) is 0 Å². The first kappa shape index (κ1) is 29.3. The third-order valence-electron chi connectivity index (χ3n) is 5.35. The molecule has 0 rings (SSSR count). The van der Waals surface area contributed by atoms with Crippen molar-refractivity contribution >= 4 is 5.97 Å². The minimum atomic E-state index is -0.0730. The van der Waals surface area contributed by atoms with E-state index in [0.717, 1.165) is 58.5 Å². The third-order valence-corrected chi connectivity index (χ3v) is 5.35. The summed E-state index contributed by atoms with van der Waals surface area (Å²) >= 11 is 0. The monoisotopic (exact) mass is 428 g/mol. The van der Waals surface area contributed by atoms with Gasteiger partial charge in [0.2, 0.25) is 0 Å². The molecule has 0 heterocycles. The predicted octanol–water partition coefficient (Wildman–Crippen LogP) is 3.74. The number of carbonyl (C=O) groups is 1. The van der Waals surface area contributed by atoms with E-state index in [9.17, 15) is 4.79 Å². The topological polar surface area (TPSA) is 88.4 Å². The van der Waals surface area contributed by atoms with Gasteiger partial charge in [-0.05, 0) is 78.3 Å². The SMILES string of the molecule is CCCCCCCCCC(CC(=O)OCC)NCCCNCCCCNCCCN. The highest BCUT2D eigenvalue weighted by atomic mass is 16.5. The van der Waals surface area contributed by atoms with Gasteiger partial charge in [0.1, 0.15) is 0 Å². The Morgan fingerprint density at radius 2 is 1.37 bits per heavy atom. The van der Waals surface area contributed by atoms with Gasteiger partial charge in [0.25, 0.3) is 0 Å². The van der Waals surface area contributed by atoms with E-state index in [4.69, 9.17) is 10.5 Å². The van der Waals surface area contributed by atoms with Crippen LogP contribution in [0.2, 0.25) is 0 Å². The van der Waals surface area contributed by atoms with E-state index < -0.39 is 0 Å². The Morgan fingerprint density at radius 3 is 2.00 bits per heavy atom. The fraction of sp³-hybridized carbons (Fsp3) is 0.958. The summed E-state index contributed by atoms with van der Waals surface area (Å²) in [5.41, 5.74) is 5.48. The van der Waals surface area contributed by atoms with Crippen LogP contribution in [0.5, 0.6) is 0 Å². The summed E-state index contributed by atoms with van der Waals surface area (Å²) in [7, 11) is 0. The highest BCUT2D eigenvalue weighted by molar-refractivity contribution is 5.70. The van der Waals surface area contributed by atoms with Crippen molar-refractivity contribution in [2.45, 2.75) is 103 Å². The van der Waals surface area contributed by atoms with Crippen LogP contribution in [0.25, 0.3) is 0 Å². The number of hydrogen-bond donors (Lipinski definition) is 4. The summed E-state index contributed by atoms with van der Waals surface area (Å²) in [6.45, 7) is 10.5. The molecule has 0 spiro atoms. The molecule has 0 aliphatic rings. The molecule has 0 aliphatic heterocycles. The molecule has 6 heteroatoms. The predicted molar refractivity (Wildman–Crippen MR) is 129 cm³/mol. The van der Waals surface area contributed by atoms with Crippen molar-refractivity contribution in [2.75, 3.05) is 45.9 Å². The normalized spacial score (nSPS) is 12.2. The van der Waals surface area contributed by atoms with Crippen molar-refractivity contribution in [1.29, 1.82) is 0 Å². The zero-order chi connectivity index (χ0) is 22.1. The van der Waals surface area contributed by atoms with Gasteiger partial charge in [0, 0.05) is 6.04 Å². The summed E-state index contributed by atoms with van der Waals surface area (Å²) in [5, 5.41) is 10.5. The Kier molecular flexibility index (Phi) is 24.0. The maximum absolute atomic E-state index is 11.9. The van der Waals surface area contributed by atoms with Crippen molar-refractivity contribution in [3.8, 4) is 0 Å². The van der Waals surface area contributed by atoms with Crippen LogP contribution in [-0.4, -0.2) is 57.9 Å². The highest BCUT2D eigenvalue weighted by Crippen LogP contribution is 2.11. The Balaban J connectivity index is 3.73. The summed E-state index contributed by atoms with van der Waals surface area (Å²) in [6, 6.07) is 0.249. The lowest BCUT2D eigenvalue weighted by Crippen LogP contribution is -2.34. The Bertz CT molecular complexity index is 356. The summed E-state index contributed by atoms with van der Waals surface area (Å²) in [4.78, 5) is 11.9. The molecule has 0 radical (unpaired) electrons. The van der Waals surface area contributed by atoms with Crippen molar-refractivity contribution in [3.63, 3.8) is 0 Å². The first-order valence-corrected chi connectivity index (χ1v) is 12.7. The van der Waals surface area contributed by atoms with Crippen LogP contribution in [-0.2, 0) is 9.53 Å². The molecule has 30 heavy (non-hydrogen) atoms. The van der Waals surface area contributed by atoms with E-state index in [1.54, 1.807) is 0 Å². The van der Waals surface area contributed by atoms with Gasteiger partial charge in [-0.25, -0.2) is 0 Å². The number of nitrogens with two attached hydrogens (primary N) is 1. The molecular formula is C24H52N4O2. The molecule has 6 nitrogen and oxygen atoms in total. The molecule has 0 aliphatic carbocycles. The molecule has 0 amide bonds. The second kappa shape index (κ2) is 24.6. The molecular weight excluding hydrogens is 376 g/mol. The van der Waals surface area contributed by atoms with Crippen molar-refractivity contribution in [1.82, 2.24) is 16.0 Å². The standard InChI is InChI=1S/C24H52N4O2/c1-3-5-6-7-8-9-10-15-23(22-24(29)30-4-2)28-21-14-20-27-18-12-11-17-26-19-13-16-25/h23,26-28H,3-22,25H2,1-2H3. The zero-order valence-corrected chi connectivity index (χ0v) is 20.1. The lowest BCUT2D eigenvalue weighted by atomic mass is 10.0. The molecule has 1 unspecified atom stereocenters. The highest BCUT2D eigenvalue weighted by Gasteiger charge is 2.13. The van der Waals surface area contributed by atoms with Gasteiger partial charge < -0.3 is 26.4 Å². The number of esters is 1. The number of unbranched alkanes of at least 4 members (excludes halogenated alkanes) is 7. The molecule has 5 N–H and O–H groups in total. The number of ether oxygens (including phenoxy) is 1. The van der Waals surface area contributed by atoms with Crippen LogP contribution in [0.1, 0.15) is 97.3 Å². The van der Waals surface area contributed by atoms with Crippen LogP contribution >= 0.6 is 0 Å². The second-order valence-corrected chi connectivity index (χ2v) is 8.27. The van der Waals surface area contributed by atoms with Gasteiger partial charge >= 0.3 is 5.97 Å². The van der Waals surface area contributed by atoms with Crippen LogP contribution in [0.15, 0.2) is 0 Å². The largest absolute Gasteiger partial charge is 0.466 e. The smallest absolute Gasteiger partial charge is 0.307 e. The van der Waals surface area contributed by atoms with E-state index in [0.29, 0.717) is 13.0 Å². The lowest BCUT2D eigenvalue weighted by Gasteiger charge is -2.18. The summed E-state index contributed by atoms with van der Waals surface area (Å²) in [5.74, 6) is -0.0730. The zero-order valence-electron chi connectivity index (χ0n) is 20.1. The van der Waals surface area contributed by atoms with E-state index in [2.05, 4.69) is 22.9 Å². The number of carbonyl (C=O) groups excluding carboxylic acids is 1. The average molecular weight is 429 g/mol. The van der Waals surface area contributed by atoms with Crippen molar-refractivity contribution in [3.05, 3.63) is 0 Å². The first-order chi connectivity index (χ1) is 14.7. The van der Waals surface area contributed by atoms with Crippen LogP contribution in [0.3, 0.4) is 0 Å². The number of rotatable bonds is 24. The lowest BCUT2D eigenvalue weighted by molar-refractivity contribution is -0.143. The van der Waals surface area contributed by atoms with E-state index in [1.165, 1.54) is 57.8 Å². The van der Waals surface area contributed by atoms with E-state index in [1.807, 2.05) is 6.92 Å². The molecule has 180 valence electrons. The number of nitrogens with one attached hydrogen (secondary N) is 3. The van der Waals surface area contributed by atoms with Gasteiger partial charge in [-0.3, -0.25) is 4.79 Å². The van der Waals surface area contributed by atoms with Crippen molar-refractivity contribution < 1.29 is 9.53 Å². The minimum absolute atomic E-state index is 0.0730. The maximum atomic E-state index is 11.9. The number of hydrogen-bond acceptors (Lipinski definition) is 6. The molecule has 0 aromatic rings. The molecule has 0 bridgehead atoms. The Hall–Kier alpha value is -0.690. The van der Waals surface area contributed by atoms with E-state index in [-0.39, 0.29) is 12.0 Å². The van der Waals surface area contributed by atoms with Gasteiger partial charge in [-0.1, -0.05) is 51.9 Å². The van der Waals surface area contributed by atoms with Gasteiger partial charge in [0.15, 0.2) is 0 Å². The fourth-order valence-electron chi connectivity index (χ4n) is 3.54.